The zero-order chi connectivity index (χ0) is 12.0. The van der Waals surface area contributed by atoms with Crippen LogP contribution >= 0.6 is 15.9 Å². The molecule has 0 aromatic heterocycles. The Labute approximate surface area is 104 Å². The summed E-state index contributed by atoms with van der Waals surface area (Å²) >= 11 is 3.34. The molecule has 0 aliphatic heterocycles. The normalized spacial score (nSPS) is 12.2. The molecule has 4 heteroatoms. The van der Waals surface area contributed by atoms with Gasteiger partial charge in [0.1, 0.15) is 0 Å². The van der Waals surface area contributed by atoms with E-state index in [1.54, 1.807) is 7.11 Å². The van der Waals surface area contributed by atoms with E-state index in [2.05, 4.69) is 21.2 Å². The predicted octanol–water partition coefficient (Wildman–Crippen LogP) is 2.13. The van der Waals surface area contributed by atoms with Crippen molar-refractivity contribution in [2.75, 3.05) is 19.0 Å². The van der Waals surface area contributed by atoms with Crippen molar-refractivity contribution >= 4 is 21.8 Å². The number of hydrogen-bond acceptors (Lipinski definition) is 2. The van der Waals surface area contributed by atoms with Crippen molar-refractivity contribution < 1.29 is 9.53 Å². The molecule has 0 aliphatic carbocycles. The van der Waals surface area contributed by atoms with Crippen LogP contribution in [0.2, 0.25) is 0 Å². The van der Waals surface area contributed by atoms with E-state index in [9.17, 15) is 4.79 Å². The Kier molecular flexibility index (Phi) is 5.49. The van der Waals surface area contributed by atoms with Gasteiger partial charge in [0.25, 0.3) is 5.91 Å². The van der Waals surface area contributed by atoms with Crippen molar-refractivity contribution in [1.29, 1.82) is 0 Å². The van der Waals surface area contributed by atoms with E-state index in [0.29, 0.717) is 17.5 Å². The van der Waals surface area contributed by atoms with E-state index in [4.69, 9.17) is 4.74 Å². The summed E-state index contributed by atoms with van der Waals surface area (Å²) in [5.41, 5.74) is 1.69. The number of ether oxygens (including phenoxy) is 1. The number of carbonyl (C=O) groups excluding carboxylic acids is 1. The predicted molar refractivity (Wildman–Crippen MR) is 68.1 cm³/mol. The molecule has 3 nitrogen and oxygen atoms in total. The topological polar surface area (TPSA) is 38.3 Å². The minimum absolute atomic E-state index is 0.00268. The highest BCUT2D eigenvalue weighted by molar-refractivity contribution is 9.09. The fraction of sp³-hybridized carbons (Fsp3) is 0.417. The fourth-order valence-electron chi connectivity index (χ4n) is 1.42. The Bertz CT molecular complexity index is 355. The zero-order valence-electron chi connectivity index (χ0n) is 9.50. The Hall–Kier alpha value is -0.870. The molecule has 1 N–H and O–H groups in total. The first-order valence-electron chi connectivity index (χ1n) is 5.10. The van der Waals surface area contributed by atoms with Crippen LogP contribution in [0.5, 0.6) is 0 Å². The molecule has 0 saturated heterocycles. The molecule has 1 amide bonds. The van der Waals surface area contributed by atoms with Gasteiger partial charge in [0.2, 0.25) is 0 Å². The summed E-state index contributed by atoms with van der Waals surface area (Å²) in [6, 6.07) is 7.53. The van der Waals surface area contributed by atoms with Gasteiger partial charge in [-0.25, -0.2) is 0 Å². The molecule has 0 radical (unpaired) electrons. The standard InChI is InChI=1S/C12H16BrNO2/c1-9-5-3-4-6-11(9)12(15)14-10(7-13)8-16-2/h3-6,10H,7-8H2,1-2H3,(H,14,15). The second kappa shape index (κ2) is 6.66. The van der Waals surface area contributed by atoms with Crippen molar-refractivity contribution in [1.82, 2.24) is 5.32 Å². The van der Waals surface area contributed by atoms with Crippen LogP contribution in [-0.2, 0) is 4.74 Å². The summed E-state index contributed by atoms with van der Waals surface area (Å²) < 4.78 is 5.02. The highest BCUT2D eigenvalue weighted by atomic mass is 79.9. The summed E-state index contributed by atoms with van der Waals surface area (Å²) in [5, 5.41) is 3.59. The maximum absolute atomic E-state index is 11.9. The molecule has 0 fully saturated rings. The molecule has 1 unspecified atom stereocenters. The van der Waals surface area contributed by atoms with E-state index < -0.39 is 0 Å². The molecule has 0 bridgehead atoms. The molecular formula is C12H16BrNO2. The third-order valence-electron chi connectivity index (χ3n) is 2.28. The summed E-state index contributed by atoms with van der Waals surface area (Å²) in [7, 11) is 1.62. The number of carbonyl (C=O) groups is 1. The second-order valence-corrected chi connectivity index (χ2v) is 4.24. The zero-order valence-corrected chi connectivity index (χ0v) is 11.1. The first-order valence-corrected chi connectivity index (χ1v) is 6.22. The fourth-order valence-corrected chi connectivity index (χ4v) is 1.77. The van der Waals surface area contributed by atoms with E-state index in [1.807, 2.05) is 31.2 Å². The number of halogens is 1. The lowest BCUT2D eigenvalue weighted by Crippen LogP contribution is -2.39. The Morgan fingerprint density at radius 1 is 1.50 bits per heavy atom. The van der Waals surface area contributed by atoms with E-state index in [0.717, 1.165) is 5.56 Å². The van der Waals surface area contributed by atoms with Gasteiger partial charge in [-0.3, -0.25) is 4.79 Å². The van der Waals surface area contributed by atoms with Gasteiger partial charge < -0.3 is 10.1 Å². The quantitative estimate of drug-likeness (QED) is 0.842. The lowest BCUT2D eigenvalue weighted by atomic mass is 10.1. The third-order valence-corrected chi connectivity index (χ3v) is 3.06. The molecule has 16 heavy (non-hydrogen) atoms. The smallest absolute Gasteiger partial charge is 0.251 e. The van der Waals surface area contributed by atoms with Crippen molar-refractivity contribution in [3.05, 3.63) is 35.4 Å². The maximum atomic E-state index is 11.9. The van der Waals surface area contributed by atoms with Crippen LogP contribution in [0.15, 0.2) is 24.3 Å². The van der Waals surface area contributed by atoms with Crippen molar-refractivity contribution in [3.8, 4) is 0 Å². The minimum Gasteiger partial charge on any atom is -0.383 e. The van der Waals surface area contributed by atoms with Gasteiger partial charge in [0.05, 0.1) is 12.6 Å². The van der Waals surface area contributed by atoms with Crippen LogP contribution in [0.1, 0.15) is 15.9 Å². The molecule has 0 aliphatic rings. The Morgan fingerprint density at radius 3 is 2.75 bits per heavy atom. The number of benzene rings is 1. The second-order valence-electron chi connectivity index (χ2n) is 3.59. The number of rotatable bonds is 5. The number of alkyl halides is 1. The van der Waals surface area contributed by atoms with E-state index >= 15 is 0 Å². The van der Waals surface area contributed by atoms with E-state index in [-0.39, 0.29) is 11.9 Å². The van der Waals surface area contributed by atoms with Crippen LogP contribution in [-0.4, -0.2) is 31.0 Å². The van der Waals surface area contributed by atoms with Gasteiger partial charge in [-0.2, -0.15) is 0 Å². The number of aryl methyl sites for hydroxylation is 1. The molecule has 0 spiro atoms. The first-order chi connectivity index (χ1) is 7.69. The molecule has 0 heterocycles. The summed E-state index contributed by atoms with van der Waals surface area (Å²) in [4.78, 5) is 11.9. The monoisotopic (exact) mass is 285 g/mol. The number of hydrogen-bond donors (Lipinski definition) is 1. The van der Waals surface area contributed by atoms with E-state index in [1.165, 1.54) is 0 Å². The third kappa shape index (κ3) is 3.61. The highest BCUT2D eigenvalue weighted by Crippen LogP contribution is 2.07. The van der Waals surface area contributed by atoms with Crippen molar-refractivity contribution in [2.24, 2.45) is 0 Å². The molecule has 88 valence electrons. The highest BCUT2D eigenvalue weighted by Gasteiger charge is 2.13. The van der Waals surface area contributed by atoms with Crippen molar-refractivity contribution in [3.63, 3.8) is 0 Å². The maximum Gasteiger partial charge on any atom is 0.251 e. The van der Waals surface area contributed by atoms with Gasteiger partial charge in [-0.1, -0.05) is 34.1 Å². The minimum atomic E-state index is -0.0559. The molecule has 1 atom stereocenters. The van der Waals surface area contributed by atoms with Gasteiger partial charge >= 0.3 is 0 Å². The average Bonchev–Trinajstić information content (AvgIpc) is 2.28. The van der Waals surface area contributed by atoms with Crippen LogP contribution in [0.3, 0.4) is 0 Å². The molecule has 1 aromatic carbocycles. The van der Waals surface area contributed by atoms with Gasteiger partial charge in [0, 0.05) is 18.0 Å². The molecular weight excluding hydrogens is 270 g/mol. The van der Waals surface area contributed by atoms with Crippen LogP contribution in [0, 0.1) is 6.92 Å². The molecule has 1 rings (SSSR count). The summed E-state index contributed by atoms with van der Waals surface area (Å²) in [6.07, 6.45) is 0. The van der Waals surface area contributed by atoms with Crippen molar-refractivity contribution in [2.45, 2.75) is 13.0 Å². The first kappa shape index (κ1) is 13.2. The van der Waals surface area contributed by atoms with Gasteiger partial charge in [-0.05, 0) is 18.6 Å². The molecule has 0 saturated carbocycles. The summed E-state index contributed by atoms with van der Waals surface area (Å²) in [6.45, 7) is 2.43. The Balaban J connectivity index is 2.68. The largest absolute Gasteiger partial charge is 0.383 e. The summed E-state index contributed by atoms with van der Waals surface area (Å²) in [5.74, 6) is -0.0559. The van der Waals surface area contributed by atoms with Crippen LogP contribution in [0.25, 0.3) is 0 Å². The van der Waals surface area contributed by atoms with Crippen LogP contribution < -0.4 is 5.32 Å². The SMILES string of the molecule is COCC(CBr)NC(=O)c1ccccc1C. The number of methoxy groups -OCH3 is 1. The lowest BCUT2D eigenvalue weighted by molar-refractivity contribution is 0.0907. The van der Waals surface area contributed by atoms with Gasteiger partial charge in [0.15, 0.2) is 0 Å². The number of nitrogens with one attached hydrogen (secondary N) is 1. The van der Waals surface area contributed by atoms with Gasteiger partial charge in [-0.15, -0.1) is 0 Å². The number of amides is 1. The average molecular weight is 286 g/mol. The lowest BCUT2D eigenvalue weighted by Gasteiger charge is -2.15. The molecule has 1 aromatic rings. The Morgan fingerprint density at radius 2 is 2.19 bits per heavy atom. The van der Waals surface area contributed by atoms with Crippen LogP contribution in [0.4, 0.5) is 0 Å².